The molecule has 15 heavy (non-hydrogen) atoms. The molecule has 1 heterocycles. The molecule has 1 unspecified atom stereocenters. The molecule has 1 aliphatic heterocycles. The van der Waals surface area contributed by atoms with Gasteiger partial charge in [-0.1, -0.05) is 27.7 Å². The number of nitrogens with zero attached hydrogens (tertiary/aromatic N) is 1. The quantitative estimate of drug-likeness (QED) is 0.757. The van der Waals surface area contributed by atoms with Crippen molar-refractivity contribution >= 4 is 0 Å². The van der Waals surface area contributed by atoms with E-state index in [4.69, 9.17) is 0 Å². The molecule has 0 radical (unpaired) electrons. The van der Waals surface area contributed by atoms with E-state index in [-0.39, 0.29) is 0 Å². The fourth-order valence-corrected chi connectivity index (χ4v) is 2.36. The highest BCUT2D eigenvalue weighted by atomic mass is 15.1. The van der Waals surface area contributed by atoms with Crippen LogP contribution in [0.15, 0.2) is 0 Å². The van der Waals surface area contributed by atoms with Crippen molar-refractivity contribution < 1.29 is 0 Å². The van der Waals surface area contributed by atoms with Crippen molar-refractivity contribution in [1.29, 1.82) is 0 Å². The third-order valence-electron chi connectivity index (χ3n) is 3.62. The van der Waals surface area contributed by atoms with Crippen molar-refractivity contribution in [2.75, 3.05) is 33.2 Å². The molecule has 0 bridgehead atoms. The number of hydrogen-bond acceptors (Lipinski definition) is 2. The molecule has 2 nitrogen and oxygen atoms in total. The predicted octanol–water partition coefficient (Wildman–Crippen LogP) is 2.74. The van der Waals surface area contributed by atoms with E-state index in [0.29, 0.717) is 5.41 Å². The van der Waals surface area contributed by atoms with E-state index in [1.807, 2.05) is 13.8 Å². The minimum absolute atomic E-state index is 0.624. The largest absolute Gasteiger partial charge is 0.320 e. The van der Waals surface area contributed by atoms with Crippen LogP contribution in [0.1, 0.15) is 47.0 Å². The van der Waals surface area contributed by atoms with Gasteiger partial charge in [0, 0.05) is 6.54 Å². The van der Waals surface area contributed by atoms with E-state index >= 15 is 0 Å². The minimum Gasteiger partial charge on any atom is -0.320 e. The zero-order valence-corrected chi connectivity index (χ0v) is 11.4. The standard InChI is InChI=1S/C11H24N2.C2H6/c1-4-11(6-8-12-3)7-9-13(5-2)10-11;1-2/h12H,4-10H2,1-3H3;1-2H3. The molecule has 1 N–H and O–H groups in total. The molecule has 2 heteroatoms. The molecular formula is C13H30N2. The molecule has 0 spiro atoms. The number of nitrogens with one attached hydrogen (secondary N) is 1. The highest BCUT2D eigenvalue weighted by Gasteiger charge is 2.34. The van der Waals surface area contributed by atoms with E-state index in [0.717, 1.165) is 0 Å². The highest BCUT2D eigenvalue weighted by molar-refractivity contribution is 4.88. The maximum absolute atomic E-state index is 3.27. The Bertz CT molecular complexity index is 147. The molecule has 1 fully saturated rings. The van der Waals surface area contributed by atoms with E-state index in [2.05, 4.69) is 31.1 Å². The van der Waals surface area contributed by atoms with E-state index < -0.39 is 0 Å². The minimum atomic E-state index is 0.624. The smallest absolute Gasteiger partial charge is 0.00387 e. The molecular weight excluding hydrogens is 184 g/mol. The summed E-state index contributed by atoms with van der Waals surface area (Å²) >= 11 is 0. The molecule has 0 aromatic rings. The van der Waals surface area contributed by atoms with Gasteiger partial charge in [-0.3, -0.25) is 0 Å². The van der Waals surface area contributed by atoms with Crippen LogP contribution in [0, 0.1) is 5.41 Å². The molecule has 92 valence electrons. The third-order valence-corrected chi connectivity index (χ3v) is 3.62. The van der Waals surface area contributed by atoms with Gasteiger partial charge in [-0.25, -0.2) is 0 Å². The van der Waals surface area contributed by atoms with Crippen LogP contribution >= 0.6 is 0 Å². The van der Waals surface area contributed by atoms with Crippen molar-refractivity contribution in [3.05, 3.63) is 0 Å². The Morgan fingerprint density at radius 3 is 2.33 bits per heavy atom. The highest BCUT2D eigenvalue weighted by Crippen LogP contribution is 2.36. The summed E-state index contributed by atoms with van der Waals surface area (Å²) in [6.07, 6.45) is 4.08. The molecule has 1 atom stereocenters. The topological polar surface area (TPSA) is 15.3 Å². The summed E-state index contributed by atoms with van der Waals surface area (Å²) in [5.74, 6) is 0. The summed E-state index contributed by atoms with van der Waals surface area (Å²) < 4.78 is 0. The van der Waals surface area contributed by atoms with Crippen LogP contribution in [0.2, 0.25) is 0 Å². The van der Waals surface area contributed by atoms with Crippen molar-refractivity contribution in [3.8, 4) is 0 Å². The second-order valence-corrected chi connectivity index (χ2v) is 4.33. The van der Waals surface area contributed by atoms with Crippen LogP contribution in [-0.2, 0) is 0 Å². The van der Waals surface area contributed by atoms with Gasteiger partial charge in [0.05, 0.1) is 0 Å². The summed E-state index contributed by atoms with van der Waals surface area (Å²) in [5.41, 5.74) is 0.624. The summed E-state index contributed by atoms with van der Waals surface area (Å²) in [7, 11) is 2.05. The van der Waals surface area contributed by atoms with Gasteiger partial charge < -0.3 is 10.2 Å². The van der Waals surface area contributed by atoms with Gasteiger partial charge in [-0.05, 0) is 51.4 Å². The molecule has 0 aromatic heterocycles. The maximum Gasteiger partial charge on any atom is 0.00387 e. The molecule has 0 saturated carbocycles. The van der Waals surface area contributed by atoms with Gasteiger partial charge in [0.25, 0.3) is 0 Å². The first-order chi connectivity index (χ1) is 7.26. The number of rotatable bonds is 5. The Labute approximate surface area is 96.4 Å². The average molecular weight is 214 g/mol. The Kier molecular flexibility index (Phi) is 8.07. The Morgan fingerprint density at radius 1 is 1.27 bits per heavy atom. The van der Waals surface area contributed by atoms with Gasteiger partial charge in [0.15, 0.2) is 0 Å². The summed E-state index contributed by atoms with van der Waals surface area (Å²) in [6.45, 7) is 13.6. The van der Waals surface area contributed by atoms with Crippen LogP contribution in [0.25, 0.3) is 0 Å². The van der Waals surface area contributed by atoms with Gasteiger partial charge in [-0.15, -0.1) is 0 Å². The third kappa shape index (κ3) is 4.52. The first kappa shape index (κ1) is 14.9. The Hall–Kier alpha value is -0.0800. The zero-order chi connectivity index (χ0) is 11.7. The second kappa shape index (κ2) is 8.12. The zero-order valence-electron chi connectivity index (χ0n) is 11.4. The van der Waals surface area contributed by atoms with Crippen LogP contribution in [0.5, 0.6) is 0 Å². The van der Waals surface area contributed by atoms with Crippen molar-refractivity contribution in [2.24, 2.45) is 5.41 Å². The lowest BCUT2D eigenvalue weighted by Crippen LogP contribution is -2.29. The Balaban J connectivity index is 0.000000921. The first-order valence-electron chi connectivity index (χ1n) is 6.63. The fraction of sp³-hybridized carbons (Fsp3) is 1.00. The van der Waals surface area contributed by atoms with E-state index in [1.54, 1.807) is 0 Å². The fourth-order valence-electron chi connectivity index (χ4n) is 2.36. The summed E-state index contributed by atoms with van der Waals surface area (Å²) in [6, 6.07) is 0. The Morgan fingerprint density at radius 2 is 1.93 bits per heavy atom. The number of hydrogen-bond donors (Lipinski definition) is 1. The summed E-state index contributed by atoms with van der Waals surface area (Å²) in [5, 5.41) is 3.27. The van der Waals surface area contributed by atoms with Crippen LogP contribution in [0.4, 0.5) is 0 Å². The number of likely N-dealkylation sites (tertiary alicyclic amines) is 1. The van der Waals surface area contributed by atoms with Crippen molar-refractivity contribution in [1.82, 2.24) is 10.2 Å². The van der Waals surface area contributed by atoms with Crippen LogP contribution in [-0.4, -0.2) is 38.1 Å². The predicted molar refractivity (Wildman–Crippen MR) is 69.3 cm³/mol. The average Bonchev–Trinajstić information content (AvgIpc) is 2.73. The van der Waals surface area contributed by atoms with Gasteiger partial charge >= 0.3 is 0 Å². The molecule has 1 aliphatic rings. The maximum atomic E-state index is 3.27. The molecule has 0 aliphatic carbocycles. The molecule has 1 saturated heterocycles. The van der Waals surface area contributed by atoms with E-state index in [1.165, 1.54) is 45.4 Å². The van der Waals surface area contributed by atoms with Crippen LogP contribution < -0.4 is 5.32 Å². The normalized spacial score (nSPS) is 26.2. The SMILES string of the molecule is CC.CCN1CCC(CC)(CCNC)C1. The van der Waals surface area contributed by atoms with Gasteiger partial charge in [0.1, 0.15) is 0 Å². The summed E-state index contributed by atoms with van der Waals surface area (Å²) in [4.78, 5) is 2.58. The second-order valence-electron chi connectivity index (χ2n) is 4.33. The van der Waals surface area contributed by atoms with Crippen molar-refractivity contribution in [3.63, 3.8) is 0 Å². The lowest BCUT2D eigenvalue weighted by atomic mass is 9.81. The van der Waals surface area contributed by atoms with E-state index in [9.17, 15) is 0 Å². The van der Waals surface area contributed by atoms with Crippen LogP contribution in [0.3, 0.4) is 0 Å². The molecule has 0 aromatic carbocycles. The lowest BCUT2D eigenvalue weighted by Gasteiger charge is -2.27. The molecule has 0 amide bonds. The van der Waals surface area contributed by atoms with Gasteiger partial charge in [0.2, 0.25) is 0 Å². The van der Waals surface area contributed by atoms with Gasteiger partial charge in [-0.2, -0.15) is 0 Å². The molecule has 1 rings (SSSR count). The lowest BCUT2D eigenvalue weighted by molar-refractivity contribution is 0.237. The monoisotopic (exact) mass is 214 g/mol. The van der Waals surface area contributed by atoms with Crippen molar-refractivity contribution in [2.45, 2.75) is 47.0 Å². The first-order valence-corrected chi connectivity index (χ1v) is 6.63.